The van der Waals surface area contributed by atoms with Gasteiger partial charge in [-0.3, -0.25) is 0 Å². The molecule has 0 fully saturated rings. The summed E-state index contributed by atoms with van der Waals surface area (Å²) in [5, 5.41) is 12.1. The van der Waals surface area contributed by atoms with Crippen LogP contribution in [0, 0.1) is 24.8 Å². The number of aryl methyl sites for hydroxylation is 3. The van der Waals surface area contributed by atoms with E-state index in [0.29, 0.717) is 18.1 Å². The molecule has 0 saturated heterocycles. The number of imidazole rings is 1. The van der Waals surface area contributed by atoms with Gasteiger partial charge in [0.25, 0.3) is 5.95 Å². The summed E-state index contributed by atoms with van der Waals surface area (Å²) in [6, 6.07) is 5.27. The Bertz CT molecular complexity index is 1130. The van der Waals surface area contributed by atoms with Crippen LogP contribution < -0.4 is 4.90 Å². The Labute approximate surface area is 159 Å². The summed E-state index contributed by atoms with van der Waals surface area (Å²) in [7, 11) is 3.53. The van der Waals surface area contributed by atoms with Gasteiger partial charge in [-0.15, -0.1) is 5.10 Å². The molecule has 10 heteroatoms. The fraction of sp³-hybridized carbons (Fsp3) is 0.278. The van der Waals surface area contributed by atoms with Crippen molar-refractivity contribution < 1.29 is 8.78 Å². The molecular weight excluding hydrogens is 366 g/mol. The molecule has 3 aromatic heterocycles. The smallest absolute Gasteiger partial charge is 0.266 e. The Kier molecular flexibility index (Phi) is 4.46. The quantitative estimate of drug-likeness (QED) is 0.525. The zero-order chi connectivity index (χ0) is 19.8. The lowest BCUT2D eigenvalue weighted by Crippen LogP contribution is -2.24. The van der Waals surface area contributed by atoms with Gasteiger partial charge in [-0.25, -0.2) is 18.7 Å². The Morgan fingerprint density at radius 1 is 1.07 bits per heavy atom. The van der Waals surface area contributed by atoms with Crippen molar-refractivity contribution in [1.29, 1.82) is 0 Å². The molecule has 0 unspecified atom stereocenters. The molecule has 0 aliphatic heterocycles. The van der Waals surface area contributed by atoms with Crippen LogP contribution in [0.15, 0.2) is 24.3 Å². The standard InChI is InChI=1S/C18H17F2N8/c1-11-22-16-6-13(8-21-17(16)26(11)2)10-28(18-23-25-27(3)24-18)9-12-4-14(19)7-15(20)5-12/h4-7H,9-10H2,1-3H3. The first-order valence-corrected chi connectivity index (χ1v) is 8.53. The fourth-order valence-electron chi connectivity index (χ4n) is 2.98. The van der Waals surface area contributed by atoms with Gasteiger partial charge in [-0.1, -0.05) is 5.10 Å². The second-order valence-corrected chi connectivity index (χ2v) is 6.53. The molecule has 1 aromatic carbocycles. The maximum absolute atomic E-state index is 13.6. The largest absolute Gasteiger partial charge is 0.329 e. The molecule has 0 aliphatic rings. The predicted molar refractivity (Wildman–Crippen MR) is 97.1 cm³/mol. The molecule has 4 aromatic rings. The van der Waals surface area contributed by atoms with E-state index < -0.39 is 11.6 Å². The number of halogens is 2. The first-order chi connectivity index (χ1) is 13.4. The van der Waals surface area contributed by atoms with Crippen LogP contribution in [0.3, 0.4) is 0 Å². The minimum absolute atomic E-state index is 0.188. The van der Waals surface area contributed by atoms with Gasteiger partial charge in [0.15, 0.2) is 5.65 Å². The molecule has 28 heavy (non-hydrogen) atoms. The highest BCUT2D eigenvalue weighted by Gasteiger charge is 2.16. The van der Waals surface area contributed by atoms with Crippen LogP contribution in [0.25, 0.3) is 11.2 Å². The van der Waals surface area contributed by atoms with Crippen LogP contribution in [-0.2, 0) is 27.2 Å². The van der Waals surface area contributed by atoms with Gasteiger partial charge in [0.2, 0.25) is 0 Å². The molecule has 0 spiro atoms. The van der Waals surface area contributed by atoms with Crippen LogP contribution in [0.1, 0.15) is 17.0 Å². The van der Waals surface area contributed by atoms with Crippen LogP contribution in [-0.4, -0.2) is 34.7 Å². The summed E-state index contributed by atoms with van der Waals surface area (Å²) in [5.41, 5.74) is 2.68. The number of benzene rings is 1. The molecule has 3 heterocycles. The summed E-state index contributed by atoms with van der Waals surface area (Å²) in [6.45, 7) is 2.41. The Hall–Kier alpha value is -3.43. The summed E-state index contributed by atoms with van der Waals surface area (Å²) in [6.07, 6.45) is 3.00. The number of aromatic nitrogens is 7. The van der Waals surface area contributed by atoms with Gasteiger partial charge in [-0.2, -0.15) is 4.80 Å². The third-order valence-corrected chi connectivity index (χ3v) is 4.37. The second kappa shape index (κ2) is 6.95. The molecular formula is C18H17F2N8. The van der Waals surface area contributed by atoms with Crippen molar-refractivity contribution >= 4 is 17.1 Å². The highest BCUT2D eigenvalue weighted by Crippen LogP contribution is 2.19. The van der Waals surface area contributed by atoms with E-state index >= 15 is 0 Å². The first kappa shape index (κ1) is 18.0. The summed E-state index contributed by atoms with van der Waals surface area (Å²) in [5.74, 6) is -0.102. The zero-order valence-corrected chi connectivity index (χ0v) is 15.6. The highest BCUT2D eigenvalue weighted by molar-refractivity contribution is 5.71. The van der Waals surface area contributed by atoms with Crippen LogP contribution in [0.5, 0.6) is 0 Å². The van der Waals surface area contributed by atoms with Crippen molar-refractivity contribution in [3.8, 4) is 0 Å². The van der Waals surface area contributed by atoms with Crippen LogP contribution in [0.4, 0.5) is 14.7 Å². The third-order valence-electron chi connectivity index (χ3n) is 4.37. The SMILES string of the molecule is Cc1nc2cc(CN(Cc3cc(F)cc(F)c3)c3nnn(C)n3)[c]nc2n1C. The van der Waals surface area contributed by atoms with E-state index in [4.69, 9.17) is 0 Å². The lowest BCUT2D eigenvalue weighted by atomic mass is 10.2. The number of fused-ring (bicyclic) bond motifs is 1. The highest BCUT2D eigenvalue weighted by atomic mass is 19.1. The Morgan fingerprint density at radius 3 is 2.50 bits per heavy atom. The van der Waals surface area contributed by atoms with E-state index in [1.54, 1.807) is 11.9 Å². The maximum atomic E-state index is 13.6. The summed E-state index contributed by atoms with van der Waals surface area (Å²) >= 11 is 0. The third kappa shape index (κ3) is 3.53. The molecule has 8 nitrogen and oxygen atoms in total. The zero-order valence-electron chi connectivity index (χ0n) is 15.6. The monoisotopic (exact) mass is 383 g/mol. The lowest BCUT2D eigenvalue weighted by Gasteiger charge is -2.20. The summed E-state index contributed by atoms with van der Waals surface area (Å²) in [4.78, 5) is 11.9. The molecule has 0 N–H and O–H groups in total. The fourth-order valence-corrected chi connectivity index (χ4v) is 2.98. The number of rotatable bonds is 5. The predicted octanol–water partition coefficient (Wildman–Crippen LogP) is 2.09. The summed E-state index contributed by atoms with van der Waals surface area (Å²) < 4.78 is 29.1. The number of tetrazole rings is 1. The van der Waals surface area contributed by atoms with E-state index in [1.807, 2.05) is 24.6 Å². The van der Waals surface area contributed by atoms with Gasteiger partial charge in [-0.05, 0) is 35.9 Å². The van der Waals surface area contributed by atoms with Gasteiger partial charge in [0, 0.05) is 31.8 Å². The second-order valence-electron chi connectivity index (χ2n) is 6.53. The molecule has 0 saturated carbocycles. The van der Waals surface area contributed by atoms with E-state index in [1.165, 1.54) is 16.9 Å². The average Bonchev–Trinajstić information content (AvgIpc) is 3.17. The van der Waals surface area contributed by atoms with Crippen molar-refractivity contribution in [2.75, 3.05) is 4.90 Å². The number of anilines is 1. The molecule has 143 valence electrons. The molecule has 0 atom stereocenters. The molecule has 0 amide bonds. The number of pyridine rings is 1. The van der Waals surface area contributed by atoms with Gasteiger partial charge < -0.3 is 9.47 Å². The van der Waals surface area contributed by atoms with Crippen molar-refractivity contribution in [2.45, 2.75) is 20.0 Å². The van der Waals surface area contributed by atoms with E-state index in [9.17, 15) is 8.78 Å². The van der Waals surface area contributed by atoms with E-state index in [2.05, 4.69) is 31.6 Å². The number of nitrogens with zero attached hydrogens (tertiary/aromatic N) is 8. The van der Waals surface area contributed by atoms with Crippen molar-refractivity contribution in [1.82, 2.24) is 34.7 Å². The van der Waals surface area contributed by atoms with Crippen molar-refractivity contribution in [3.05, 3.63) is 59.0 Å². The molecule has 0 bridgehead atoms. The van der Waals surface area contributed by atoms with Crippen molar-refractivity contribution in [2.24, 2.45) is 14.1 Å². The Balaban J connectivity index is 1.67. The van der Waals surface area contributed by atoms with Gasteiger partial charge >= 0.3 is 0 Å². The Morgan fingerprint density at radius 2 is 1.82 bits per heavy atom. The first-order valence-electron chi connectivity index (χ1n) is 8.53. The topological polar surface area (TPSA) is 77.6 Å². The average molecular weight is 383 g/mol. The van der Waals surface area contributed by atoms with E-state index in [-0.39, 0.29) is 6.54 Å². The number of hydrogen-bond acceptors (Lipinski definition) is 6. The van der Waals surface area contributed by atoms with Gasteiger partial charge in [0.1, 0.15) is 23.0 Å². The molecule has 4 rings (SSSR count). The molecule has 1 radical (unpaired) electrons. The normalized spacial score (nSPS) is 11.3. The molecule has 0 aliphatic carbocycles. The maximum Gasteiger partial charge on any atom is 0.266 e. The van der Waals surface area contributed by atoms with Gasteiger partial charge in [0.05, 0.1) is 13.2 Å². The van der Waals surface area contributed by atoms with Crippen molar-refractivity contribution in [3.63, 3.8) is 0 Å². The van der Waals surface area contributed by atoms with E-state index in [0.717, 1.165) is 28.6 Å². The minimum Gasteiger partial charge on any atom is -0.329 e. The number of hydrogen-bond donors (Lipinski definition) is 0. The van der Waals surface area contributed by atoms with Crippen LogP contribution >= 0.6 is 0 Å². The minimum atomic E-state index is -0.638. The lowest BCUT2D eigenvalue weighted by molar-refractivity contribution is 0.578. The van der Waals surface area contributed by atoms with Crippen LogP contribution in [0.2, 0.25) is 0 Å².